The van der Waals surface area contributed by atoms with Gasteiger partial charge in [0.25, 0.3) is 0 Å². The second-order valence-electron chi connectivity index (χ2n) is 18.0. The fourth-order valence-electron chi connectivity index (χ4n) is 13.3. The maximum absolute atomic E-state index is 14.7. The lowest BCUT2D eigenvalue weighted by atomic mass is 9.47. The second-order valence-corrected chi connectivity index (χ2v) is 18.0. The number of amides is 1. The van der Waals surface area contributed by atoms with Crippen LogP contribution in [0.3, 0.4) is 0 Å². The normalized spacial score (nSPS) is 36.5. The molecule has 1 spiro atoms. The van der Waals surface area contributed by atoms with Crippen molar-refractivity contribution in [3.8, 4) is 5.75 Å². The van der Waals surface area contributed by atoms with Crippen LogP contribution < -0.4 is 9.64 Å². The van der Waals surface area contributed by atoms with Crippen LogP contribution in [0, 0.1) is 11.3 Å². The number of carbonyl (C=O) groups is 4. The number of anilines is 1. The molecule has 1 amide bonds. The van der Waals surface area contributed by atoms with Crippen LogP contribution in [-0.4, -0.2) is 133 Å². The second kappa shape index (κ2) is 14.4. The first-order chi connectivity index (χ1) is 28.8. The summed E-state index contributed by atoms with van der Waals surface area (Å²) in [5, 5.41) is 26.5. The standard InChI is InChI=1S/C46H56N4O10/c1-7-43(55)22-27-23-48(24-43)18-14-29-28-12-9-10-13-32(28)47-37(29)36(38(53)58-5)35(27)30-20-31-33(21-34(30)57-4)50(25-51)40-45(31)16-19-49-17-11-15-44(8-2,39(45)49)41(60-26(3)52)46(40,56)42(54)59-6/h9-13,15,20-21,25,27,35-36,39-41,47,55-56H,7-8,14,16-19,22-24H2,1-6H3/t27-,35+,36+,39-,40+,41+,43-,44+,45+,46-/m0/s1. The highest BCUT2D eigenvalue weighted by Crippen LogP contribution is 2.68. The minimum Gasteiger partial charge on any atom is -0.496 e. The molecule has 0 radical (unpaired) electrons. The Morgan fingerprint density at radius 3 is 2.48 bits per heavy atom. The van der Waals surface area contributed by atoms with Crippen molar-refractivity contribution in [2.75, 3.05) is 59.0 Å². The van der Waals surface area contributed by atoms with Crippen molar-refractivity contribution in [1.82, 2.24) is 14.8 Å². The number of fused-ring (bicyclic) bond motifs is 6. The van der Waals surface area contributed by atoms with Crippen LogP contribution in [-0.2, 0) is 45.2 Å². The van der Waals surface area contributed by atoms with Crippen molar-refractivity contribution in [3.05, 3.63) is 70.9 Å². The third kappa shape index (κ3) is 5.39. The molecule has 14 nitrogen and oxygen atoms in total. The van der Waals surface area contributed by atoms with Crippen LogP contribution in [0.1, 0.15) is 80.7 Å². The Morgan fingerprint density at radius 2 is 1.80 bits per heavy atom. The Morgan fingerprint density at radius 1 is 1.02 bits per heavy atom. The fourth-order valence-corrected chi connectivity index (χ4v) is 13.3. The lowest BCUT2D eigenvalue weighted by Crippen LogP contribution is -2.81. The van der Waals surface area contributed by atoms with E-state index in [9.17, 15) is 29.4 Å². The predicted molar refractivity (Wildman–Crippen MR) is 221 cm³/mol. The number of hydrogen-bond acceptors (Lipinski definition) is 12. The molecule has 1 saturated carbocycles. The van der Waals surface area contributed by atoms with Gasteiger partial charge in [-0.1, -0.05) is 44.2 Å². The minimum absolute atomic E-state index is 0.270. The van der Waals surface area contributed by atoms with Gasteiger partial charge in [-0.2, -0.15) is 0 Å². The number of nitrogens with one attached hydrogen (secondary N) is 1. The maximum Gasteiger partial charge on any atom is 0.344 e. The lowest BCUT2D eigenvalue weighted by Gasteiger charge is -2.63. The van der Waals surface area contributed by atoms with Gasteiger partial charge < -0.3 is 39.0 Å². The molecule has 6 aliphatic rings. The van der Waals surface area contributed by atoms with Gasteiger partial charge in [0.2, 0.25) is 12.0 Å². The highest BCUT2D eigenvalue weighted by Gasteiger charge is 2.81. The molecule has 60 heavy (non-hydrogen) atoms. The number of piperidine rings is 1. The monoisotopic (exact) mass is 824 g/mol. The molecular formula is C46H56N4O10. The summed E-state index contributed by atoms with van der Waals surface area (Å²) in [6.07, 6.45) is 5.62. The number of methoxy groups -OCH3 is 3. The number of aromatic amines is 1. The van der Waals surface area contributed by atoms with E-state index in [2.05, 4.69) is 20.9 Å². The van der Waals surface area contributed by atoms with Gasteiger partial charge in [-0.05, 0) is 73.4 Å². The van der Waals surface area contributed by atoms with Gasteiger partial charge in [0, 0.05) is 78.6 Å². The summed E-state index contributed by atoms with van der Waals surface area (Å²) in [4.78, 5) is 65.4. The summed E-state index contributed by atoms with van der Waals surface area (Å²) >= 11 is 0. The molecule has 3 N–H and O–H groups in total. The number of rotatable bonds is 8. The third-order valence-electron chi connectivity index (χ3n) is 15.5. The van der Waals surface area contributed by atoms with Crippen LogP contribution in [0.15, 0.2) is 48.6 Å². The molecule has 5 aliphatic heterocycles. The Bertz CT molecular complexity index is 2290. The predicted octanol–water partition coefficient (Wildman–Crippen LogP) is 3.71. The summed E-state index contributed by atoms with van der Waals surface area (Å²) in [6, 6.07) is 10.2. The van der Waals surface area contributed by atoms with Crippen molar-refractivity contribution in [2.24, 2.45) is 11.3 Å². The molecule has 2 bridgehead atoms. The topological polar surface area (TPSA) is 171 Å². The van der Waals surface area contributed by atoms with Crippen molar-refractivity contribution >= 4 is 40.9 Å². The van der Waals surface area contributed by atoms with E-state index in [0.717, 1.165) is 27.7 Å². The van der Waals surface area contributed by atoms with E-state index in [1.165, 1.54) is 26.0 Å². The molecule has 2 saturated heterocycles. The molecule has 6 heterocycles. The zero-order valence-electron chi connectivity index (χ0n) is 35.2. The Kier molecular flexibility index (Phi) is 9.77. The number of carbonyl (C=O) groups excluding carboxylic acids is 4. The molecule has 1 aliphatic carbocycles. The molecule has 1 unspecified atom stereocenters. The van der Waals surface area contributed by atoms with Gasteiger partial charge in [0.15, 0.2) is 6.10 Å². The Hall–Kier alpha value is -4.76. The largest absolute Gasteiger partial charge is 0.496 e. The van der Waals surface area contributed by atoms with Gasteiger partial charge in [-0.25, -0.2) is 4.79 Å². The Labute approximate surface area is 349 Å². The number of nitrogens with zero attached hydrogens (tertiary/aromatic N) is 3. The number of esters is 3. The average molecular weight is 825 g/mol. The van der Waals surface area contributed by atoms with Crippen molar-refractivity contribution in [3.63, 3.8) is 0 Å². The number of aromatic nitrogens is 1. The lowest BCUT2D eigenvalue weighted by molar-refractivity contribution is -0.228. The first-order valence-corrected chi connectivity index (χ1v) is 21.3. The van der Waals surface area contributed by atoms with Crippen LogP contribution in [0.2, 0.25) is 0 Å². The van der Waals surface area contributed by atoms with Gasteiger partial charge in [-0.15, -0.1) is 0 Å². The number of ether oxygens (including phenoxy) is 4. The SMILES string of the molecule is CC[C@]1(O)C[C@H]2CN(CCc3c([nH]c4ccccc34)[C@H](C(=O)OC)[C@H]2c2cc3c(cc2OC)N(C=O)[C@H]2[C@@](O)(C(=O)OC)[C@H](OC(C)=O)[C@]4(CC)C=CCN5CC[C@]32[C@@H]54)C1. The first kappa shape index (κ1) is 40.6. The molecule has 2 aromatic carbocycles. The molecule has 11 atom stereocenters. The Balaban J connectivity index is 1.35. The van der Waals surface area contributed by atoms with E-state index in [-0.39, 0.29) is 5.92 Å². The van der Waals surface area contributed by atoms with Crippen molar-refractivity contribution in [2.45, 2.75) is 99.5 Å². The number of para-hydroxylation sites is 1. The van der Waals surface area contributed by atoms with E-state index >= 15 is 0 Å². The van der Waals surface area contributed by atoms with E-state index in [1.807, 2.05) is 50.3 Å². The van der Waals surface area contributed by atoms with E-state index in [0.29, 0.717) is 88.2 Å². The van der Waals surface area contributed by atoms with E-state index < -0.39 is 70.0 Å². The van der Waals surface area contributed by atoms with Gasteiger partial charge in [0.05, 0.1) is 38.7 Å². The van der Waals surface area contributed by atoms with Crippen molar-refractivity contribution < 1.29 is 48.3 Å². The zero-order chi connectivity index (χ0) is 42.5. The summed E-state index contributed by atoms with van der Waals surface area (Å²) in [6.45, 7) is 8.11. The number of aliphatic hydroxyl groups is 2. The summed E-state index contributed by atoms with van der Waals surface area (Å²) in [5.74, 6) is -3.46. The van der Waals surface area contributed by atoms with Gasteiger partial charge in [0.1, 0.15) is 11.7 Å². The van der Waals surface area contributed by atoms with E-state index in [1.54, 1.807) is 13.2 Å². The summed E-state index contributed by atoms with van der Waals surface area (Å²) in [7, 11) is 4.14. The number of H-pyrrole nitrogens is 1. The van der Waals surface area contributed by atoms with Crippen LogP contribution >= 0.6 is 0 Å². The molecule has 3 fully saturated rings. The van der Waals surface area contributed by atoms with Crippen molar-refractivity contribution in [1.29, 1.82) is 0 Å². The number of hydrogen-bond donors (Lipinski definition) is 3. The summed E-state index contributed by atoms with van der Waals surface area (Å²) < 4.78 is 23.5. The third-order valence-corrected chi connectivity index (χ3v) is 15.5. The average Bonchev–Trinajstić information content (AvgIpc) is 3.92. The molecule has 14 heteroatoms. The van der Waals surface area contributed by atoms with Gasteiger partial charge >= 0.3 is 17.9 Å². The first-order valence-electron chi connectivity index (χ1n) is 21.3. The molecule has 3 aromatic rings. The van der Waals surface area contributed by atoms with E-state index in [4.69, 9.17) is 18.9 Å². The van der Waals surface area contributed by atoms with Crippen LogP contribution in [0.4, 0.5) is 5.69 Å². The molecular weight excluding hydrogens is 769 g/mol. The highest BCUT2D eigenvalue weighted by atomic mass is 16.6. The van der Waals surface area contributed by atoms with Crippen LogP contribution in [0.25, 0.3) is 10.9 Å². The molecule has 320 valence electrons. The van der Waals surface area contributed by atoms with Crippen LogP contribution in [0.5, 0.6) is 5.75 Å². The molecule has 1 aromatic heterocycles. The number of benzene rings is 2. The molecule has 9 rings (SSSR count). The maximum atomic E-state index is 14.7. The highest BCUT2D eigenvalue weighted by molar-refractivity contribution is 5.93. The quantitative estimate of drug-likeness (QED) is 0.131. The fraction of sp³-hybridized carbons (Fsp3) is 0.565. The van der Waals surface area contributed by atoms with Gasteiger partial charge in [-0.3, -0.25) is 24.2 Å². The smallest absolute Gasteiger partial charge is 0.344 e. The minimum atomic E-state index is -2.51. The summed E-state index contributed by atoms with van der Waals surface area (Å²) in [5.41, 5.74) is -1.17. The zero-order valence-corrected chi connectivity index (χ0v) is 35.2.